The standard InChI is InChI=1S/C17H23ClN4O3/c1-17(2,3)25-16(24)22-11-5-4-10(8-11)13(22)15(23)21-9-12-14(18)20-7-6-19-12/h6-7,10-11,13H,4-5,8-9H2,1-3H3,(H,21,23)/t10-,11-,13-/m0/s1. The van der Waals surface area contributed by atoms with Crippen molar-refractivity contribution in [3.8, 4) is 0 Å². The molecule has 1 aromatic rings. The fourth-order valence-electron chi connectivity index (χ4n) is 3.65. The summed E-state index contributed by atoms with van der Waals surface area (Å²) in [6.07, 6.45) is 5.32. The highest BCUT2D eigenvalue weighted by Gasteiger charge is 2.52. The Hall–Kier alpha value is -1.89. The van der Waals surface area contributed by atoms with Crippen LogP contribution >= 0.6 is 11.6 Å². The van der Waals surface area contributed by atoms with Gasteiger partial charge in [0.15, 0.2) is 5.15 Å². The van der Waals surface area contributed by atoms with Gasteiger partial charge in [-0.2, -0.15) is 0 Å². The van der Waals surface area contributed by atoms with Gasteiger partial charge in [0.05, 0.1) is 12.2 Å². The Bertz CT molecular complexity index is 676. The Kier molecular flexibility index (Phi) is 4.86. The lowest BCUT2D eigenvalue weighted by Crippen LogP contribution is -2.53. The maximum atomic E-state index is 12.7. The lowest BCUT2D eigenvalue weighted by atomic mass is 9.98. The predicted molar refractivity (Wildman–Crippen MR) is 91.9 cm³/mol. The summed E-state index contributed by atoms with van der Waals surface area (Å²) in [6.45, 7) is 5.65. The number of nitrogens with zero attached hydrogens (tertiary/aromatic N) is 3. The van der Waals surface area contributed by atoms with Gasteiger partial charge in [0.25, 0.3) is 0 Å². The predicted octanol–water partition coefficient (Wildman–Crippen LogP) is 2.53. The molecule has 1 N–H and O–H groups in total. The monoisotopic (exact) mass is 366 g/mol. The topological polar surface area (TPSA) is 84.4 Å². The van der Waals surface area contributed by atoms with Crippen molar-refractivity contribution < 1.29 is 14.3 Å². The van der Waals surface area contributed by atoms with Crippen LogP contribution in [0.4, 0.5) is 4.79 Å². The zero-order valence-electron chi connectivity index (χ0n) is 14.7. The molecule has 0 radical (unpaired) electrons. The van der Waals surface area contributed by atoms with Crippen molar-refractivity contribution in [1.82, 2.24) is 20.2 Å². The first-order valence-electron chi connectivity index (χ1n) is 8.50. The summed E-state index contributed by atoms with van der Waals surface area (Å²) in [5.74, 6) is -0.0189. The number of ether oxygens (including phenoxy) is 1. The molecule has 1 aliphatic heterocycles. The first-order chi connectivity index (χ1) is 11.8. The van der Waals surface area contributed by atoms with E-state index < -0.39 is 17.7 Å². The third-order valence-corrected chi connectivity index (χ3v) is 4.93. The fraction of sp³-hybridized carbons (Fsp3) is 0.647. The fourth-order valence-corrected chi connectivity index (χ4v) is 3.82. The second-order valence-electron chi connectivity index (χ2n) is 7.57. The smallest absolute Gasteiger partial charge is 0.411 e. The number of halogens is 1. The zero-order valence-corrected chi connectivity index (χ0v) is 15.4. The second-order valence-corrected chi connectivity index (χ2v) is 7.93. The van der Waals surface area contributed by atoms with Gasteiger partial charge in [0.1, 0.15) is 11.6 Å². The van der Waals surface area contributed by atoms with Crippen molar-refractivity contribution >= 4 is 23.6 Å². The van der Waals surface area contributed by atoms with Crippen molar-refractivity contribution in [1.29, 1.82) is 0 Å². The molecule has 1 saturated carbocycles. The lowest BCUT2D eigenvalue weighted by molar-refractivity contribution is -0.128. The van der Waals surface area contributed by atoms with Crippen molar-refractivity contribution in [3.05, 3.63) is 23.2 Å². The number of rotatable bonds is 3. The van der Waals surface area contributed by atoms with Gasteiger partial charge in [-0.25, -0.2) is 9.78 Å². The quantitative estimate of drug-likeness (QED) is 0.888. The van der Waals surface area contributed by atoms with Gasteiger partial charge in [-0.1, -0.05) is 11.6 Å². The van der Waals surface area contributed by atoms with Crippen molar-refractivity contribution in [3.63, 3.8) is 0 Å². The Morgan fingerprint density at radius 1 is 1.32 bits per heavy atom. The first-order valence-corrected chi connectivity index (χ1v) is 8.88. The molecule has 2 amide bonds. The molecule has 2 heterocycles. The highest BCUT2D eigenvalue weighted by Crippen LogP contribution is 2.43. The summed E-state index contributed by atoms with van der Waals surface area (Å²) >= 11 is 5.97. The Morgan fingerprint density at radius 2 is 2.04 bits per heavy atom. The van der Waals surface area contributed by atoms with Gasteiger partial charge in [0.2, 0.25) is 5.91 Å². The molecule has 2 aliphatic rings. The summed E-state index contributed by atoms with van der Waals surface area (Å²) in [5.41, 5.74) is -0.0860. The molecule has 8 heteroatoms. The van der Waals surface area contributed by atoms with Crippen LogP contribution in [0.5, 0.6) is 0 Å². The number of hydrogen-bond donors (Lipinski definition) is 1. The average molecular weight is 367 g/mol. The van der Waals surface area contributed by atoms with Crippen molar-refractivity contribution in [2.45, 2.75) is 64.3 Å². The largest absolute Gasteiger partial charge is 0.444 e. The summed E-state index contributed by atoms with van der Waals surface area (Å²) < 4.78 is 5.50. The van der Waals surface area contributed by atoms with E-state index in [0.29, 0.717) is 5.69 Å². The molecule has 136 valence electrons. The number of carbonyl (C=O) groups is 2. The minimum Gasteiger partial charge on any atom is -0.444 e. The van der Waals surface area contributed by atoms with E-state index in [4.69, 9.17) is 16.3 Å². The molecule has 1 aliphatic carbocycles. The van der Waals surface area contributed by atoms with Crippen molar-refractivity contribution in [2.75, 3.05) is 0 Å². The summed E-state index contributed by atoms with van der Waals surface area (Å²) in [4.78, 5) is 35.0. The van der Waals surface area contributed by atoms with Crippen LogP contribution in [0, 0.1) is 5.92 Å². The summed E-state index contributed by atoms with van der Waals surface area (Å²) in [6, 6.07) is -0.417. The van der Waals surface area contributed by atoms with Crippen LogP contribution in [-0.4, -0.2) is 44.6 Å². The molecule has 3 rings (SSSR count). The zero-order chi connectivity index (χ0) is 18.2. The molecule has 0 unspecified atom stereocenters. The van der Waals surface area contributed by atoms with E-state index in [1.54, 1.807) is 4.90 Å². The minimum absolute atomic E-state index is 0.0794. The van der Waals surface area contributed by atoms with Gasteiger partial charge in [-0.15, -0.1) is 0 Å². The maximum absolute atomic E-state index is 12.7. The Balaban J connectivity index is 1.69. The van der Waals surface area contributed by atoms with E-state index >= 15 is 0 Å². The molecule has 1 aromatic heterocycles. The SMILES string of the molecule is CC(C)(C)OC(=O)N1[C@H]2CC[C@@H](C2)[C@H]1C(=O)NCc1nccnc1Cl. The highest BCUT2D eigenvalue weighted by atomic mass is 35.5. The number of carbonyl (C=O) groups excluding carboxylic acids is 2. The van der Waals surface area contributed by atoms with Crippen molar-refractivity contribution in [2.24, 2.45) is 5.92 Å². The molecule has 0 aromatic carbocycles. The van der Waals surface area contributed by atoms with Gasteiger partial charge in [0, 0.05) is 18.4 Å². The van der Waals surface area contributed by atoms with Crippen LogP contribution in [-0.2, 0) is 16.1 Å². The lowest BCUT2D eigenvalue weighted by Gasteiger charge is -2.35. The molecule has 2 fully saturated rings. The highest BCUT2D eigenvalue weighted by molar-refractivity contribution is 6.29. The third kappa shape index (κ3) is 3.86. The number of likely N-dealkylation sites (tertiary alicyclic amines) is 1. The van der Waals surface area contributed by atoms with Gasteiger partial charge in [-0.05, 0) is 46.0 Å². The van der Waals surface area contributed by atoms with E-state index in [-0.39, 0.29) is 29.6 Å². The van der Waals surface area contributed by atoms with E-state index in [9.17, 15) is 9.59 Å². The third-order valence-electron chi connectivity index (χ3n) is 4.61. The van der Waals surface area contributed by atoms with E-state index in [2.05, 4.69) is 15.3 Å². The maximum Gasteiger partial charge on any atom is 0.411 e. The van der Waals surface area contributed by atoms with Crippen LogP contribution in [0.1, 0.15) is 45.7 Å². The molecule has 7 nitrogen and oxygen atoms in total. The molecular formula is C17H23ClN4O3. The first kappa shape index (κ1) is 17.9. The van der Waals surface area contributed by atoms with Crippen LogP contribution < -0.4 is 5.32 Å². The molecule has 25 heavy (non-hydrogen) atoms. The molecular weight excluding hydrogens is 344 g/mol. The summed E-state index contributed by atoms with van der Waals surface area (Å²) in [7, 11) is 0. The normalized spacial score (nSPS) is 25.1. The van der Waals surface area contributed by atoms with Gasteiger partial charge in [-0.3, -0.25) is 14.7 Å². The van der Waals surface area contributed by atoms with Crippen LogP contribution in [0.2, 0.25) is 5.15 Å². The number of aromatic nitrogens is 2. The average Bonchev–Trinajstić information content (AvgIpc) is 3.13. The summed E-state index contributed by atoms with van der Waals surface area (Å²) in [5, 5.41) is 3.10. The molecule has 2 bridgehead atoms. The number of hydrogen-bond acceptors (Lipinski definition) is 5. The second kappa shape index (κ2) is 6.78. The van der Waals surface area contributed by atoms with Gasteiger partial charge >= 0.3 is 6.09 Å². The van der Waals surface area contributed by atoms with E-state index in [1.807, 2.05) is 20.8 Å². The minimum atomic E-state index is -0.590. The molecule has 1 saturated heterocycles. The Morgan fingerprint density at radius 3 is 2.72 bits per heavy atom. The number of fused-ring (bicyclic) bond motifs is 2. The van der Waals surface area contributed by atoms with E-state index in [0.717, 1.165) is 19.3 Å². The number of amides is 2. The van der Waals surface area contributed by atoms with E-state index in [1.165, 1.54) is 12.4 Å². The van der Waals surface area contributed by atoms with Gasteiger partial charge < -0.3 is 10.1 Å². The van der Waals surface area contributed by atoms with Crippen LogP contribution in [0.15, 0.2) is 12.4 Å². The molecule has 0 spiro atoms. The number of piperidine rings is 1. The Labute approximate surface area is 152 Å². The number of nitrogens with one attached hydrogen (secondary N) is 1. The molecule has 3 atom stereocenters. The van der Waals surface area contributed by atoms with Crippen LogP contribution in [0.25, 0.3) is 0 Å². The van der Waals surface area contributed by atoms with Crippen LogP contribution in [0.3, 0.4) is 0 Å².